The van der Waals surface area contributed by atoms with Crippen LogP contribution in [0.2, 0.25) is 0 Å². The molecule has 102 valence electrons. The molecule has 2 atom stereocenters. The van der Waals surface area contributed by atoms with E-state index in [-0.39, 0.29) is 0 Å². The molecule has 2 fully saturated rings. The molecule has 0 unspecified atom stereocenters. The molecule has 19 heavy (non-hydrogen) atoms. The Kier molecular flexibility index (Phi) is 3.39. The lowest BCUT2D eigenvalue weighted by atomic mass is 9.81. The van der Waals surface area contributed by atoms with Crippen LogP contribution in [0.15, 0.2) is 28.7 Å². The second-order valence-corrected chi connectivity index (χ2v) is 6.77. The summed E-state index contributed by atoms with van der Waals surface area (Å²) in [6.07, 6.45) is 2.99. The molecule has 0 amide bonds. The van der Waals surface area contributed by atoms with Gasteiger partial charge in [0.25, 0.3) is 0 Å². The third-order valence-corrected chi connectivity index (χ3v) is 5.16. The molecule has 1 aliphatic heterocycles. The number of nitrogens with zero attached hydrogens (tertiary/aromatic N) is 1. The van der Waals surface area contributed by atoms with Crippen molar-refractivity contribution in [2.45, 2.75) is 25.8 Å². The Morgan fingerprint density at radius 3 is 3.05 bits per heavy atom. The van der Waals surface area contributed by atoms with Crippen molar-refractivity contribution in [3.63, 3.8) is 0 Å². The Morgan fingerprint density at radius 2 is 2.37 bits per heavy atom. The largest absolute Gasteiger partial charge is 0.481 e. The highest BCUT2D eigenvalue weighted by atomic mass is 79.9. The number of halogens is 1. The molecule has 1 heterocycles. The van der Waals surface area contributed by atoms with Crippen LogP contribution in [0.5, 0.6) is 0 Å². The molecule has 1 saturated heterocycles. The van der Waals surface area contributed by atoms with Crippen LogP contribution in [0.1, 0.15) is 24.8 Å². The van der Waals surface area contributed by atoms with Crippen LogP contribution in [-0.4, -0.2) is 29.1 Å². The molecule has 0 radical (unpaired) electrons. The van der Waals surface area contributed by atoms with Crippen molar-refractivity contribution in [1.29, 1.82) is 0 Å². The van der Waals surface area contributed by atoms with Gasteiger partial charge >= 0.3 is 5.97 Å². The first-order valence-corrected chi connectivity index (χ1v) is 7.60. The van der Waals surface area contributed by atoms with Crippen molar-refractivity contribution in [1.82, 2.24) is 4.90 Å². The molecule has 1 aliphatic carbocycles. The SMILES string of the molecule is O=C(O)[C@@]12CCC[C@H]1CN(Cc1cccc(Br)c1)C2. The molecule has 3 nitrogen and oxygen atoms in total. The third kappa shape index (κ3) is 2.32. The van der Waals surface area contributed by atoms with Gasteiger partial charge in [-0.25, -0.2) is 0 Å². The quantitative estimate of drug-likeness (QED) is 0.929. The Labute approximate surface area is 121 Å². The maximum atomic E-state index is 11.6. The Hall–Kier alpha value is -0.870. The van der Waals surface area contributed by atoms with Crippen molar-refractivity contribution in [3.8, 4) is 0 Å². The molecule has 1 aromatic carbocycles. The normalized spacial score (nSPS) is 30.5. The predicted molar refractivity (Wildman–Crippen MR) is 76.8 cm³/mol. The smallest absolute Gasteiger partial charge is 0.311 e. The molecule has 2 aliphatic rings. The number of fused-ring (bicyclic) bond motifs is 1. The van der Waals surface area contributed by atoms with Gasteiger partial charge in [0, 0.05) is 24.1 Å². The lowest BCUT2D eigenvalue weighted by Gasteiger charge is -2.23. The zero-order valence-electron chi connectivity index (χ0n) is 10.8. The van der Waals surface area contributed by atoms with Gasteiger partial charge in [0.15, 0.2) is 0 Å². The number of carboxylic acids is 1. The second kappa shape index (κ2) is 4.91. The van der Waals surface area contributed by atoms with Crippen LogP contribution >= 0.6 is 15.9 Å². The summed E-state index contributed by atoms with van der Waals surface area (Å²) in [5.74, 6) is -0.246. The Balaban J connectivity index is 1.74. The minimum absolute atomic E-state index is 0.345. The molecule has 0 bridgehead atoms. The number of carboxylic acid groups (broad SMARTS) is 1. The lowest BCUT2D eigenvalue weighted by Crippen LogP contribution is -2.35. The van der Waals surface area contributed by atoms with Gasteiger partial charge in [0.2, 0.25) is 0 Å². The van der Waals surface area contributed by atoms with Crippen LogP contribution in [0.3, 0.4) is 0 Å². The summed E-state index contributed by atoms with van der Waals surface area (Å²) in [7, 11) is 0. The minimum atomic E-state index is -0.591. The molecule has 1 saturated carbocycles. The zero-order valence-corrected chi connectivity index (χ0v) is 12.4. The number of likely N-dealkylation sites (tertiary alicyclic amines) is 1. The number of hydrogen-bond donors (Lipinski definition) is 1. The van der Waals surface area contributed by atoms with E-state index in [0.29, 0.717) is 12.5 Å². The molecule has 1 N–H and O–H groups in total. The number of aliphatic carboxylic acids is 1. The maximum absolute atomic E-state index is 11.6. The van der Waals surface area contributed by atoms with Crippen molar-refractivity contribution in [2.24, 2.45) is 11.3 Å². The van der Waals surface area contributed by atoms with Crippen molar-refractivity contribution >= 4 is 21.9 Å². The molecular weight excluding hydrogens is 306 g/mol. The highest BCUT2D eigenvalue weighted by Gasteiger charge is 2.54. The number of rotatable bonds is 3. The van der Waals surface area contributed by atoms with Gasteiger partial charge in [-0.1, -0.05) is 34.5 Å². The van der Waals surface area contributed by atoms with Gasteiger partial charge in [0.05, 0.1) is 5.41 Å². The summed E-state index contributed by atoms with van der Waals surface area (Å²) in [6.45, 7) is 2.49. The summed E-state index contributed by atoms with van der Waals surface area (Å²) in [5.41, 5.74) is 0.779. The second-order valence-electron chi connectivity index (χ2n) is 5.85. The average Bonchev–Trinajstić information content (AvgIpc) is 2.86. The fraction of sp³-hybridized carbons (Fsp3) is 0.533. The van der Waals surface area contributed by atoms with Crippen molar-refractivity contribution in [3.05, 3.63) is 34.3 Å². The monoisotopic (exact) mass is 323 g/mol. The number of benzene rings is 1. The molecule has 4 heteroatoms. The Morgan fingerprint density at radius 1 is 1.53 bits per heavy atom. The van der Waals surface area contributed by atoms with Gasteiger partial charge in [-0.3, -0.25) is 9.69 Å². The van der Waals surface area contributed by atoms with E-state index >= 15 is 0 Å². The van der Waals surface area contributed by atoms with Crippen molar-refractivity contribution in [2.75, 3.05) is 13.1 Å². The van der Waals surface area contributed by atoms with Crippen LogP contribution < -0.4 is 0 Å². The summed E-state index contributed by atoms with van der Waals surface area (Å²) in [4.78, 5) is 13.9. The molecule has 1 aromatic rings. The van der Waals surface area contributed by atoms with Gasteiger partial charge < -0.3 is 5.11 Å². The fourth-order valence-corrected chi connectivity index (χ4v) is 4.20. The summed E-state index contributed by atoms with van der Waals surface area (Å²) < 4.78 is 1.08. The average molecular weight is 324 g/mol. The number of carbonyl (C=O) groups is 1. The van der Waals surface area contributed by atoms with E-state index < -0.39 is 11.4 Å². The Bertz CT molecular complexity index is 505. The molecule has 0 spiro atoms. The van der Waals surface area contributed by atoms with E-state index in [1.54, 1.807) is 0 Å². The fourth-order valence-electron chi connectivity index (χ4n) is 3.76. The van der Waals surface area contributed by atoms with Crippen LogP contribution in [-0.2, 0) is 11.3 Å². The predicted octanol–water partition coefficient (Wildman–Crippen LogP) is 3.14. The zero-order chi connectivity index (χ0) is 13.5. The first kappa shape index (κ1) is 13.1. The van der Waals surface area contributed by atoms with Gasteiger partial charge in [0.1, 0.15) is 0 Å². The van der Waals surface area contributed by atoms with Crippen LogP contribution in [0.4, 0.5) is 0 Å². The highest BCUT2D eigenvalue weighted by Crippen LogP contribution is 2.49. The minimum Gasteiger partial charge on any atom is -0.481 e. The summed E-state index contributed by atoms with van der Waals surface area (Å²) in [6, 6.07) is 8.26. The van der Waals surface area contributed by atoms with Crippen molar-refractivity contribution < 1.29 is 9.90 Å². The standard InChI is InChI=1S/C15H18BrNO2/c16-13-5-1-3-11(7-13)8-17-9-12-4-2-6-15(12,10-17)14(18)19/h1,3,5,7,12H,2,4,6,8-10H2,(H,18,19)/t12-,15+/m0/s1. The van der Waals surface area contributed by atoms with Crippen LogP contribution in [0.25, 0.3) is 0 Å². The van der Waals surface area contributed by atoms with E-state index in [1.807, 2.05) is 12.1 Å². The lowest BCUT2D eigenvalue weighted by molar-refractivity contribution is -0.149. The van der Waals surface area contributed by atoms with E-state index in [9.17, 15) is 9.90 Å². The summed E-state index contributed by atoms with van der Waals surface area (Å²) in [5, 5.41) is 9.57. The molecule has 0 aromatic heterocycles. The van der Waals surface area contributed by atoms with E-state index in [2.05, 4.69) is 33.0 Å². The van der Waals surface area contributed by atoms with Gasteiger partial charge in [-0.05, 0) is 36.5 Å². The first-order valence-electron chi connectivity index (χ1n) is 6.80. The van der Waals surface area contributed by atoms with Crippen LogP contribution in [0, 0.1) is 11.3 Å². The first-order chi connectivity index (χ1) is 9.10. The topological polar surface area (TPSA) is 40.5 Å². The van der Waals surface area contributed by atoms with Gasteiger partial charge in [-0.2, -0.15) is 0 Å². The summed E-state index contributed by atoms with van der Waals surface area (Å²) >= 11 is 3.48. The highest BCUT2D eigenvalue weighted by molar-refractivity contribution is 9.10. The number of hydrogen-bond acceptors (Lipinski definition) is 2. The van der Waals surface area contributed by atoms with Gasteiger partial charge in [-0.15, -0.1) is 0 Å². The van der Waals surface area contributed by atoms with E-state index in [0.717, 1.165) is 36.8 Å². The van der Waals surface area contributed by atoms with E-state index in [1.165, 1.54) is 5.56 Å². The molecule has 3 rings (SSSR count). The third-order valence-electron chi connectivity index (χ3n) is 4.66. The maximum Gasteiger partial charge on any atom is 0.311 e. The molecular formula is C15H18BrNO2. The van der Waals surface area contributed by atoms with E-state index in [4.69, 9.17) is 0 Å².